The summed E-state index contributed by atoms with van der Waals surface area (Å²) in [6.45, 7) is 0. The minimum Gasteiger partial charge on any atom is -0.379 e. The molecular formula is C9H11ClN2S. The van der Waals surface area contributed by atoms with Crippen molar-refractivity contribution in [2.24, 2.45) is 10.7 Å². The molecule has 70 valence electrons. The van der Waals surface area contributed by atoms with E-state index in [-0.39, 0.29) is 0 Å². The lowest BCUT2D eigenvalue weighted by atomic mass is 10.2. The third-order valence-electron chi connectivity index (χ3n) is 1.55. The normalized spacial score (nSPS) is 11.7. The largest absolute Gasteiger partial charge is 0.379 e. The fourth-order valence-electron chi connectivity index (χ4n) is 0.832. The van der Waals surface area contributed by atoms with Gasteiger partial charge in [0.05, 0.1) is 0 Å². The van der Waals surface area contributed by atoms with E-state index in [1.165, 1.54) is 11.8 Å². The molecule has 0 fully saturated rings. The van der Waals surface area contributed by atoms with E-state index >= 15 is 0 Å². The van der Waals surface area contributed by atoms with Crippen LogP contribution in [0.25, 0.3) is 0 Å². The highest BCUT2D eigenvalue weighted by Crippen LogP contribution is 2.20. The molecule has 13 heavy (non-hydrogen) atoms. The maximum Gasteiger partial charge on any atom is 0.153 e. The first-order chi connectivity index (χ1) is 6.24. The fourth-order valence-corrected chi connectivity index (χ4v) is 1.80. The lowest BCUT2D eigenvalue weighted by molar-refractivity contribution is 1.41. The number of halogens is 1. The highest BCUT2D eigenvalue weighted by molar-refractivity contribution is 8.13. The van der Waals surface area contributed by atoms with Crippen LogP contribution < -0.4 is 5.73 Å². The Morgan fingerprint density at radius 1 is 1.54 bits per heavy atom. The Morgan fingerprint density at radius 3 is 2.85 bits per heavy atom. The van der Waals surface area contributed by atoms with E-state index in [4.69, 9.17) is 17.3 Å². The van der Waals surface area contributed by atoms with Crippen LogP contribution in [0, 0.1) is 0 Å². The number of rotatable bonds is 2. The van der Waals surface area contributed by atoms with Gasteiger partial charge in [0.15, 0.2) is 5.17 Å². The Hall–Kier alpha value is -0.670. The SMILES string of the molecule is CN=C(N)SCc1ccccc1Cl. The molecule has 0 bridgehead atoms. The van der Waals surface area contributed by atoms with Gasteiger partial charge in [-0.15, -0.1) is 0 Å². The van der Waals surface area contributed by atoms with Gasteiger partial charge in [0.2, 0.25) is 0 Å². The number of thioether (sulfide) groups is 1. The first kappa shape index (κ1) is 10.4. The summed E-state index contributed by atoms with van der Waals surface area (Å²) in [4.78, 5) is 3.85. The van der Waals surface area contributed by atoms with Crippen LogP contribution in [0.5, 0.6) is 0 Å². The second-order valence-electron chi connectivity index (χ2n) is 2.44. The smallest absolute Gasteiger partial charge is 0.153 e. The summed E-state index contributed by atoms with van der Waals surface area (Å²) in [7, 11) is 1.68. The second-order valence-corrected chi connectivity index (χ2v) is 3.84. The van der Waals surface area contributed by atoms with Crippen molar-refractivity contribution in [2.45, 2.75) is 5.75 Å². The number of hydrogen-bond acceptors (Lipinski definition) is 2. The van der Waals surface area contributed by atoms with E-state index in [0.29, 0.717) is 5.17 Å². The minimum atomic E-state index is 0.583. The average Bonchev–Trinajstić information content (AvgIpc) is 2.16. The van der Waals surface area contributed by atoms with Crippen molar-refractivity contribution in [3.63, 3.8) is 0 Å². The van der Waals surface area contributed by atoms with Crippen molar-refractivity contribution >= 4 is 28.5 Å². The van der Waals surface area contributed by atoms with Gasteiger partial charge in [-0.3, -0.25) is 4.99 Å². The third kappa shape index (κ3) is 3.28. The maximum absolute atomic E-state index is 5.96. The van der Waals surface area contributed by atoms with Gasteiger partial charge in [0, 0.05) is 17.8 Å². The Kier molecular flexibility index (Phi) is 4.12. The van der Waals surface area contributed by atoms with Crippen molar-refractivity contribution in [1.29, 1.82) is 0 Å². The Morgan fingerprint density at radius 2 is 2.23 bits per heavy atom. The molecule has 0 aliphatic carbocycles. The van der Waals surface area contributed by atoms with Crippen LogP contribution in [-0.4, -0.2) is 12.2 Å². The summed E-state index contributed by atoms with van der Waals surface area (Å²) in [5.41, 5.74) is 6.62. The molecule has 0 unspecified atom stereocenters. The van der Waals surface area contributed by atoms with E-state index in [1.807, 2.05) is 24.3 Å². The highest BCUT2D eigenvalue weighted by atomic mass is 35.5. The zero-order valence-electron chi connectivity index (χ0n) is 7.33. The molecule has 0 radical (unpaired) electrons. The van der Waals surface area contributed by atoms with E-state index in [2.05, 4.69) is 4.99 Å². The quantitative estimate of drug-likeness (QED) is 0.607. The Balaban J connectivity index is 2.60. The van der Waals surface area contributed by atoms with Crippen LogP contribution in [0.2, 0.25) is 5.02 Å². The molecule has 2 nitrogen and oxygen atoms in total. The van der Waals surface area contributed by atoms with E-state index in [1.54, 1.807) is 7.05 Å². The van der Waals surface area contributed by atoms with E-state index in [0.717, 1.165) is 16.3 Å². The van der Waals surface area contributed by atoms with Crippen molar-refractivity contribution < 1.29 is 0 Å². The lowest BCUT2D eigenvalue weighted by Crippen LogP contribution is -2.06. The monoisotopic (exact) mass is 214 g/mol. The molecule has 0 aliphatic rings. The summed E-state index contributed by atoms with van der Waals surface area (Å²) in [5.74, 6) is 0.767. The minimum absolute atomic E-state index is 0.583. The maximum atomic E-state index is 5.96. The van der Waals surface area contributed by atoms with Gasteiger partial charge >= 0.3 is 0 Å². The molecule has 0 saturated carbocycles. The summed E-state index contributed by atoms with van der Waals surface area (Å²) >= 11 is 7.44. The third-order valence-corrected chi connectivity index (χ3v) is 2.86. The number of nitrogens with two attached hydrogens (primary N) is 1. The van der Waals surface area contributed by atoms with Crippen molar-refractivity contribution in [3.05, 3.63) is 34.9 Å². The number of amidine groups is 1. The molecular weight excluding hydrogens is 204 g/mol. The number of aliphatic imine (C=N–C) groups is 1. The van der Waals surface area contributed by atoms with Gasteiger partial charge in [0.1, 0.15) is 0 Å². The molecule has 4 heteroatoms. The summed E-state index contributed by atoms with van der Waals surface area (Å²) < 4.78 is 0. The van der Waals surface area contributed by atoms with Crippen molar-refractivity contribution in [2.75, 3.05) is 7.05 Å². The van der Waals surface area contributed by atoms with Crippen LogP contribution in [0.3, 0.4) is 0 Å². The van der Waals surface area contributed by atoms with Crippen LogP contribution in [0.1, 0.15) is 5.56 Å². The molecule has 0 amide bonds. The standard InChI is InChI=1S/C9H11ClN2S/c1-12-9(11)13-6-7-4-2-3-5-8(7)10/h2-5H,6H2,1H3,(H2,11,12). The van der Waals surface area contributed by atoms with Crippen molar-refractivity contribution in [3.8, 4) is 0 Å². The molecule has 1 aromatic carbocycles. The van der Waals surface area contributed by atoms with Crippen LogP contribution in [-0.2, 0) is 5.75 Å². The van der Waals surface area contributed by atoms with Gasteiger partial charge in [-0.25, -0.2) is 0 Å². The fraction of sp³-hybridized carbons (Fsp3) is 0.222. The summed E-state index contributed by atoms with van der Waals surface area (Å²) in [6.07, 6.45) is 0. The predicted octanol–water partition coefficient (Wildman–Crippen LogP) is 2.52. The van der Waals surface area contributed by atoms with Crippen LogP contribution in [0.15, 0.2) is 29.3 Å². The van der Waals surface area contributed by atoms with Crippen molar-refractivity contribution in [1.82, 2.24) is 0 Å². The molecule has 0 aliphatic heterocycles. The number of benzene rings is 1. The molecule has 2 N–H and O–H groups in total. The Bertz CT molecular complexity index is 312. The Labute approximate surface area is 87.2 Å². The first-order valence-corrected chi connectivity index (χ1v) is 5.19. The van der Waals surface area contributed by atoms with E-state index < -0.39 is 0 Å². The molecule has 0 aromatic heterocycles. The van der Waals surface area contributed by atoms with Gasteiger partial charge in [-0.1, -0.05) is 41.6 Å². The van der Waals surface area contributed by atoms with Crippen LogP contribution >= 0.6 is 23.4 Å². The van der Waals surface area contributed by atoms with E-state index in [9.17, 15) is 0 Å². The lowest BCUT2D eigenvalue weighted by Gasteiger charge is -2.02. The first-order valence-electron chi connectivity index (χ1n) is 3.82. The topological polar surface area (TPSA) is 38.4 Å². The summed E-state index contributed by atoms with van der Waals surface area (Å²) in [6, 6.07) is 7.73. The molecule has 0 atom stereocenters. The molecule has 0 heterocycles. The molecule has 0 spiro atoms. The van der Waals surface area contributed by atoms with Gasteiger partial charge in [0.25, 0.3) is 0 Å². The highest BCUT2D eigenvalue weighted by Gasteiger charge is 1.99. The second kappa shape index (κ2) is 5.14. The summed E-state index contributed by atoms with van der Waals surface area (Å²) in [5, 5.41) is 1.36. The zero-order chi connectivity index (χ0) is 9.68. The molecule has 1 aromatic rings. The number of nitrogens with zero attached hydrogens (tertiary/aromatic N) is 1. The van der Waals surface area contributed by atoms with Gasteiger partial charge in [-0.05, 0) is 11.6 Å². The number of hydrogen-bond donors (Lipinski definition) is 1. The predicted molar refractivity (Wildman–Crippen MR) is 60.3 cm³/mol. The molecule has 1 rings (SSSR count). The zero-order valence-corrected chi connectivity index (χ0v) is 8.90. The molecule has 0 saturated heterocycles. The van der Waals surface area contributed by atoms with Gasteiger partial charge < -0.3 is 5.73 Å². The van der Waals surface area contributed by atoms with Gasteiger partial charge in [-0.2, -0.15) is 0 Å². The average molecular weight is 215 g/mol. The van der Waals surface area contributed by atoms with Crippen LogP contribution in [0.4, 0.5) is 0 Å².